The average Bonchev–Trinajstić information content (AvgIpc) is 2.68. The fourth-order valence-corrected chi connectivity index (χ4v) is 1.83. The van der Waals surface area contributed by atoms with Crippen molar-refractivity contribution in [2.45, 2.75) is 51.4 Å². The Morgan fingerprint density at radius 1 is 1.33 bits per heavy atom. The van der Waals surface area contributed by atoms with Crippen molar-refractivity contribution in [1.82, 2.24) is 10.1 Å². The van der Waals surface area contributed by atoms with Gasteiger partial charge in [-0.05, 0) is 12.8 Å². The summed E-state index contributed by atoms with van der Waals surface area (Å²) in [4.78, 5) is 15.5. The Labute approximate surface area is 89.1 Å². The van der Waals surface area contributed by atoms with Crippen molar-refractivity contribution in [3.8, 4) is 0 Å². The molecular weight excluding hydrogens is 192 g/mol. The molecule has 0 amide bonds. The lowest BCUT2D eigenvalue weighted by Crippen LogP contribution is -2.12. The second-order valence-corrected chi connectivity index (χ2v) is 4.46. The van der Waals surface area contributed by atoms with Gasteiger partial charge in [0, 0.05) is 24.7 Å². The highest BCUT2D eigenvalue weighted by atomic mass is 16.5. The molecule has 0 unspecified atom stereocenters. The molecule has 0 aliphatic heterocycles. The van der Waals surface area contributed by atoms with Crippen LogP contribution in [0.3, 0.4) is 0 Å². The van der Waals surface area contributed by atoms with Crippen LogP contribution in [0.1, 0.15) is 63.1 Å². The van der Waals surface area contributed by atoms with Crippen molar-refractivity contribution in [2.75, 3.05) is 0 Å². The second kappa shape index (κ2) is 4.13. The maximum atomic E-state index is 11.1. The summed E-state index contributed by atoms with van der Waals surface area (Å²) in [7, 11) is 0. The van der Waals surface area contributed by atoms with E-state index in [2.05, 4.69) is 10.1 Å². The largest absolute Gasteiger partial charge is 0.339 e. The number of hydrogen-bond donors (Lipinski definition) is 0. The van der Waals surface area contributed by atoms with Gasteiger partial charge >= 0.3 is 0 Å². The van der Waals surface area contributed by atoms with Crippen molar-refractivity contribution in [3.05, 3.63) is 11.7 Å². The summed E-state index contributed by atoms with van der Waals surface area (Å²) in [6.45, 7) is 4.08. The molecule has 4 nitrogen and oxygen atoms in total. The first-order valence-electron chi connectivity index (χ1n) is 5.52. The SMILES string of the molecule is CC(C)c1noc(C2CCC(=O)CC2)n1. The van der Waals surface area contributed by atoms with E-state index in [4.69, 9.17) is 4.52 Å². The van der Waals surface area contributed by atoms with Crippen LogP contribution in [0, 0.1) is 0 Å². The van der Waals surface area contributed by atoms with Crippen LogP contribution in [-0.4, -0.2) is 15.9 Å². The van der Waals surface area contributed by atoms with Crippen LogP contribution in [0.4, 0.5) is 0 Å². The molecule has 0 spiro atoms. The highest BCUT2D eigenvalue weighted by Gasteiger charge is 2.25. The Hall–Kier alpha value is -1.19. The summed E-state index contributed by atoms with van der Waals surface area (Å²) in [5, 5.41) is 3.94. The second-order valence-electron chi connectivity index (χ2n) is 4.46. The molecule has 1 aliphatic rings. The fraction of sp³-hybridized carbons (Fsp3) is 0.727. The zero-order chi connectivity index (χ0) is 10.8. The van der Waals surface area contributed by atoms with Gasteiger partial charge in [0.2, 0.25) is 5.89 Å². The van der Waals surface area contributed by atoms with Gasteiger partial charge in [-0.3, -0.25) is 4.79 Å². The van der Waals surface area contributed by atoms with Crippen LogP contribution >= 0.6 is 0 Å². The smallest absolute Gasteiger partial charge is 0.229 e. The minimum atomic E-state index is 0.294. The van der Waals surface area contributed by atoms with Crippen molar-refractivity contribution >= 4 is 5.78 Å². The van der Waals surface area contributed by atoms with Crippen LogP contribution in [0.2, 0.25) is 0 Å². The molecule has 0 aromatic carbocycles. The van der Waals surface area contributed by atoms with Gasteiger partial charge in [-0.25, -0.2) is 0 Å². The molecule has 1 aromatic rings. The Balaban J connectivity index is 2.06. The lowest BCUT2D eigenvalue weighted by molar-refractivity contribution is -0.120. The quantitative estimate of drug-likeness (QED) is 0.749. The van der Waals surface area contributed by atoms with Gasteiger partial charge in [-0.1, -0.05) is 19.0 Å². The maximum absolute atomic E-state index is 11.1. The predicted molar refractivity (Wildman–Crippen MR) is 54.6 cm³/mol. The third-order valence-electron chi connectivity index (χ3n) is 2.87. The Bertz CT molecular complexity index is 347. The zero-order valence-corrected chi connectivity index (χ0v) is 9.19. The van der Waals surface area contributed by atoms with Crippen molar-refractivity contribution in [2.24, 2.45) is 0 Å². The molecule has 0 radical (unpaired) electrons. The molecule has 0 N–H and O–H groups in total. The number of Topliss-reactive ketones (excluding diaryl/α,β-unsaturated/α-hetero) is 1. The molecule has 2 rings (SSSR count). The van der Waals surface area contributed by atoms with Crippen LogP contribution < -0.4 is 0 Å². The van der Waals surface area contributed by atoms with E-state index in [1.54, 1.807) is 0 Å². The van der Waals surface area contributed by atoms with Crippen LogP contribution in [0.25, 0.3) is 0 Å². The molecule has 82 valence electrons. The van der Waals surface area contributed by atoms with Crippen molar-refractivity contribution in [3.63, 3.8) is 0 Å². The summed E-state index contributed by atoms with van der Waals surface area (Å²) in [6, 6.07) is 0. The summed E-state index contributed by atoms with van der Waals surface area (Å²) in [6.07, 6.45) is 3.03. The topological polar surface area (TPSA) is 56.0 Å². The average molecular weight is 208 g/mol. The molecular formula is C11H16N2O2. The number of carbonyl (C=O) groups excluding carboxylic acids is 1. The number of hydrogen-bond acceptors (Lipinski definition) is 4. The lowest BCUT2D eigenvalue weighted by atomic mass is 9.88. The fourth-order valence-electron chi connectivity index (χ4n) is 1.83. The third kappa shape index (κ3) is 2.25. The molecule has 1 fully saturated rings. The van der Waals surface area contributed by atoms with Crippen LogP contribution in [0.15, 0.2) is 4.52 Å². The maximum Gasteiger partial charge on any atom is 0.229 e. The van der Waals surface area contributed by atoms with E-state index in [0.717, 1.165) is 18.7 Å². The van der Waals surface area contributed by atoms with E-state index in [1.165, 1.54) is 0 Å². The van der Waals surface area contributed by atoms with E-state index in [9.17, 15) is 4.79 Å². The summed E-state index contributed by atoms with van der Waals surface area (Å²) < 4.78 is 5.23. The van der Waals surface area contributed by atoms with Gasteiger partial charge in [0.1, 0.15) is 5.78 Å². The monoisotopic (exact) mass is 208 g/mol. The van der Waals surface area contributed by atoms with E-state index in [-0.39, 0.29) is 0 Å². The Morgan fingerprint density at radius 2 is 2.00 bits per heavy atom. The highest BCUT2D eigenvalue weighted by molar-refractivity contribution is 5.79. The van der Waals surface area contributed by atoms with Crippen LogP contribution in [-0.2, 0) is 4.79 Å². The standard InChI is InChI=1S/C11H16N2O2/c1-7(2)10-12-11(15-13-10)8-3-5-9(14)6-4-8/h7-8H,3-6H2,1-2H3. The van der Waals surface area contributed by atoms with Gasteiger partial charge in [0.05, 0.1) is 0 Å². The first-order valence-corrected chi connectivity index (χ1v) is 5.52. The summed E-state index contributed by atoms with van der Waals surface area (Å²) in [5.74, 6) is 2.43. The number of carbonyl (C=O) groups is 1. The minimum absolute atomic E-state index is 0.294. The van der Waals surface area contributed by atoms with E-state index < -0.39 is 0 Å². The van der Waals surface area contributed by atoms with Gasteiger partial charge in [-0.15, -0.1) is 0 Å². The number of rotatable bonds is 2. The van der Waals surface area contributed by atoms with Crippen molar-refractivity contribution < 1.29 is 9.32 Å². The first kappa shape index (κ1) is 10.3. The van der Waals surface area contributed by atoms with Gasteiger partial charge < -0.3 is 4.52 Å². The predicted octanol–water partition coefficient (Wildman–Crippen LogP) is 2.42. The number of nitrogens with zero attached hydrogens (tertiary/aromatic N) is 2. The highest BCUT2D eigenvalue weighted by Crippen LogP contribution is 2.30. The normalized spacial score (nSPS) is 18.7. The Morgan fingerprint density at radius 3 is 2.53 bits per heavy atom. The lowest BCUT2D eigenvalue weighted by Gasteiger charge is -2.16. The summed E-state index contributed by atoms with van der Waals surface area (Å²) in [5.41, 5.74) is 0. The molecule has 1 aromatic heterocycles. The Kier molecular flexibility index (Phi) is 2.84. The van der Waals surface area contributed by atoms with E-state index >= 15 is 0 Å². The summed E-state index contributed by atoms with van der Waals surface area (Å²) >= 11 is 0. The molecule has 4 heteroatoms. The van der Waals surface area contributed by atoms with Gasteiger partial charge in [-0.2, -0.15) is 4.98 Å². The number of ketones is 1. The minimum Gasteiger partial charge on any atom is -0.339 e. The number of aromatic nitrogens is 2. The van der Waals surface area contributed by atoms with E-state index in [0.29, 0.717) is 36.4 Å². The van der Waals surface area contributed by atoms with Gasteiger partial charge in [0.15, 0.2) is 5.82 Å². The third-order valence-corrected chi connectivity index (χ3v) is 2.87. The first-order chi connectivity index (χ1) is 7.16. The molecule has 15 heavy (non-hydrogen) atoms. The molecule has 0 saturated heterocycles. The molecule has 1 aliphatic carbocycles. The molecule has 1 heterocycles. The molecule has 0 bridgehead atoms. The van der Waals surface area contributed by atoms with Gasteiger partial charge in [0.25, 0.3) is 0 Å². The van der Waals surface area contributed by atoms with E-state index in [1.807, 2.05) is 13.8 Å². The molecule has 0 atom stereocenters. The zero-order valence-electron chi connectivity index (χ0n) is 9.19. The van der Waals surface area contributed by atoms with Crippen LogP contribution in [0.5, 0.6) is 0 Å². The van der Waals surface area contributed by atoms with Crippen molar-refractivity contribution in [1.29, 1.82) is 0 Å². The molecule has 1 saturated carbocycles.